The maximum Gasteiger partial charge on any atom is 0.242 e. The van der Waals surface area contributed by atoms with Gasteiger partial charge in [0.1, 0.15) is 34.5 Å². The van der Waals surface area contributed by atoms with Crippen LogP contribution in [-0.2, 0) is 32.6 Å². The fourth-order valence-electron chi connectivity index (χ4n) is 11.4. The number of fused-ring (bicyclic) bond motifs is 6. The number of aryl methyl sites for hydroxylation is 2. The minimum atomic E-state index is -1.30. The first kappa shape index (κ1) is 42.7. The number of methoxy groups -OCH3 is 2. The van der Waals surface area contributed by atoms with Gasteiger partial charge in [0.15, 0.2) is 0 Å². The highest BCUT2D eigenvalue weighted by Gasteiger charge is 2.68. The molecule has 1 N–H and O–H groups in total. The lowest BCUT2D eigenvalue weighted by Gasteiger charge is -2.49. The summed E-state index contributed by atoms with van der Waals surface area (Å²) in [6.07, 6.45) is 8.35. The van der Waals surface area contributed by atoms with E-state index in [1.165, 1.54) is 9.80 Å². The van der Waals surface area contributed by atoms with Gasteiger partial charge in [0.05, 0.1) is 54.2 Å². The molecule has 3 aliphatic heterocycles. The van der Waals surface area contributed by atoms with Crippen molar-refractivity contribution >= 4 is 80.3 Å². The Kier molecular flexibility index (Phi) is 10.1. The molecule has 6 aromatic rings. The van der Waals surface area contributed by atoms with Gasteiger partial charge in [-0.1, -0.05) is 47.5 Å². The number of rotatable bonds is 8. The van der Waals surface area contributed by atoms with E-state index < -0.39 is 35.0 Å². The van der Waals surface area contributed by atoms with Crippen LogP contribution < -0.4 is 24.0 Å². The summed E-state index contributed by atoms with van der Waals surface area (Å²) < 4.78 is 19.8. The number of phenols is 1. The van der Waals surface area contributed by atoms with Crippen molar-refractivity contribution in [1.29, 1.82) is 0 Å². The number of imide groups is 2. The molecule has 2 saturated heterocycles. The molecule has 6 atom stereocenters. The first-order valence-corrected chi connectivity index (χ1v) is 23.3. The summed E-state index contributed by atoms with van der Waals surface area (Å²) in [5, 5.41) is 17.0. The molecule has 2 aromatic heterocycles. The minimum Gasteiger partial charge on any atom is -0.508 e. The summed E-state index contributed by atoms with van der Waals surface area (Å²) in [5.41, 5.74) is 4.79. The third-order valence-corrected chi connectivity index (χ3v) is 16.2. The SMILES string of the molecule is COc1ccc(OC)c(C=Cc2ccc(N3C(=O)[C@H]4[C@H](CC=C5[C@H](C6=COc7ccc(O)cc7C6)[C@]6(C)C(=O)N(c7cc(-c8sc9ccc(Cl)cc9c8C)nn7C)C(=O)[C@@H]6C[C@H]54)C3=O)cc2)c1. The lowest BCUT2D eigenvalue weighted by Crippen LogP contribution is -2.51. The molecule has 4 amide bonds. The Balaban J connectivity index is 0.944. The van der Waals surface area contributed by atoms with E-state index in [9.17, 15) is 14.7 Å². The lowest BCUT2D eigenvalue weighted by atomic mass is 9.51. The number of hydrogen-bond donors (Lipinski definition) is 1. The van der Waals surface area contributed by atoms with Crippen molar-refractivity contribution in [3.63, 3.8) is 0 Å². The Hall–Kier alpha value is -6.96. The minimum absolute atomic E-state index is 0.0764. The van der Waals surface area contributed by atoms with E-state index in [0.717, 1.165) is 48.4 Å². The summed E-state index contributed by atoms with van der Waals surface area (Å²) in [5.74, 6) is -2.45. The number of carbonyl (C=O) groups excluding carboxylic acids is 4. The number of ether oxygens (including phenoxy) is 3. The molecular formula is C53H45ClN4O8S. The Morgan fingerprint density at radius 2 is 1.70 bits per heavy atom. The average molecular weight is 933 g/mol. The van der Waals surface area contributed by atoms with Crippen LogP contribution in [0.25, 0.3) is 32.8 Å². The van der Waals surface area contributed by atoms with Gasteiger partial charge in [-0.3, -0.25) is 28.8 Å². The fourth-order valence-corrected chi connectivity index (χ4v) is 12.7. The molecule has 5 aliphatic rings. The molecule has 5 heterocycles. The number of halogens is 1. The van der Waals surface area contributed by atoms with Crippen LogP contribution in [0.4, 0.5) is 11.5 Å². The maximum absolute atomic E-state index is 15.4. The third-order valence-electron chi connectivity index (χ3n) is 14.7. The van der Waals surface area contributed by atoms with E-state index in [2.05, 4.69) is 0 Å². The van der Waals surface area contributed by atoms with Crippen molar-refractivity contribution in [3.8, 4) is 33.6 Å². The standard InChI is InChI=1S/C53H45ClN4O8S/c1-27-38-23-32(54)10-19-44(38)67-48(27)41-25-45(56(3)55-41)58-50(61)40-24-39-36(47(53(40,2)52(58)63)31-20-30-21-34(59)13-17-43(30)66-26-31)15-16-37-46(39)51(62)57(49(37)60)33-11-7-28(8-12-33)6-9-29-22-35(64-4)14-18-42(29)65-5/h6-15,17-19,21-23,25-26,37,39-40,46-47,59H,16,20,24H2,1-5H3/t37-,39+,40-,46-,47-,53+/m0/s1. The van der Waals surface area contributed by atoms with E-state index in [4.69, 9.17) is 30.9 Å². The molecule has 2 aliphatic carbocycles. The first-order chi connectivity index (χ1) is 32.3. The van der Waals surface area contributed by atoms with Crippen molar-refractivity contribution in [1.82, 2.24) is 9.78 Å². The summed E-state index contributed by atoms with van der Waals surface area (Å²) in [6, 6.07) is 25.3. The number of carbonyl (C=O) groups is 4. The van der Waals surface area contributed by atoms with Gasteiger partial charge in [-0.25, -0.2) is 4.90 Å². The lowest BCUT2D eigenvalue weighted by molar-refractivity contribution is -0.132. The van der Waals surface area contributed by atoms with Crippen molar-refractivity contribution in [2.24, 2.45) is 42.1 Å². The van der Waals surface area contributed by atoms with Crippen LogP contribution in [0.2, 0.25) is 5.02 Å². The van der Waals surface area contributed by atoms with Crippen molar-refractivity contribution in [3.05, 3.63) is 136 Å². The molecule has 11 rings (SSSR count). The van der Waals surface area contributed by atoms with Crippen molar-refractivity contribution < 1.29 is 38.5 Å². The second-order valence-electron chi connectivity index (χ2n) is 18.2. The van der Waals surface area contributed by atoms with Crippen molar-refractivity contribution in [2.75, 3.05) is 24.0 Å². The molecule has 14 heteroatoms. The number of anilines is 2. The Morgan fingerprint density at radius 1 is 0.896 bits per heavy atom. The van der Waals surface area contributed by atoms with Crippen molar-refractivity contribution in [2.45, 2.75) is 33.1 Å². The monoisotopic (exact) mass is 932 g/mol. The Bertz CT molecular complexity index is 3220. The van der Waals surface area contributed by atoms with Crippen LogP contribution in [0.5, 0.6) is 23.0 Å². The van der Waals surface area contributed by atoms with E-state index in [0.29, 0.717) is 52.3 Å². The molecule has 338 valence electrons. The van der Waals surface area contributed by atoms with E-state index in [1.807, 2.05) is 80.6 Å². The molecule has 0 spiro atoms. The van der Waals surface area contributed by atoms with Gasteiger partial charge in [0, 0.05) is 46.3 Å². The molecular weight excluding hydrogens is 888 g/mol. The second kappa shape index (κ2) is 15.8. The summed E-state index contributed by atoms with van der Waals surface area (Å²) in [7, 11) is 4.94. The number of allylic oxidation sites excluding steroid dienone is 3. The average Bonchev–Trinajstić information content (AvgIpc) is 4.00. The van der Waals surface area contributed by atoms with Gasteiger partial charge in [-0.15, -0.1) is 11.3 Å². The van der Waals surface area contributed by atoms with Gasteiger partial charge in [0.25, 0.3) is 0 Å². The van der Waals surface area contributed by atoms with Gasteiger partial charge in [0.2, 0.25) is 23.6 Å². The van der Waals surface area contributed by atoms with Crippen LogP contribution in [0.15, 0.2) is 108 Å². The van der Waals surface area contributed by atoms with Crippen LogP contribution in [0.1, 0.15) is 42.0 Å². The largest absolute Gasteiger partial charge is 0.508 e. The predicted molar refractivity (Wildman–Crippen MR) is 257 cm³/mol. The Labute approximate surface area is 395 Å². The predicted octanol–water partition coefficient (Wildman–Crippen LogP) is 9.94. The van der Waals surface area contributed by atoms with Crippen LogP contribution in [0, 0.1) is 41.9 Å². The quantitative estimate of drug-likeness (QED) is 0.0897. The third kappa shape index (κ3) is 6.57. The second-order valence-corrected chi connectivity index (χ2v) is 19.7. The fraction of sp³-hybridized carbons (Fsp3) is 0.264. The highest BCUT2D eigenvalue weighted by molar-refractivity contribution is 7.22. The van der Waals surface area contributed by atoms with Gasteiger partial charge >= 0.3 is 0 Å². The molecule has 0 bridgehead atoms. The summed E-state index contributed by atoms with van der Waals surface area (Å²) in [4.78, 5) is 63.4. The topological polar surface area (TPSA) is 140 Å². The van der Waals surface area contributed by atoms with E-state index >= 15 is 9.59 Å². The number of phenolic OH excluding ortho intramolecular Hbond substituents is 1. The molecule has 3 fully saturated rings. The highest BCUT2D eigenvalue weighted by Crippen LogP contribution is 2.63. The van der Waals surface area contributed by atoms with Gasteiger partial charge in [-0.2, -0.15) is 5.10 Å². The number of amides is 4. The summed E-state index contributed by atoms with van der Waals surface area (Å²) >= 11 is 7.93. The number of nitrogens with zero attached hydrogens (tertiary/aromatic N) is 4. The molecule has 12 nitrogen and oxygen atoms in total. The zero-order valence-electron chi connectivity index (χ0n) is 37.3. The zero-order valence-corrected chi connectivity index (χ0v) is 38.9. The number of thiophene rings is 1. The molecule has 1 saturated carbocycles. The molecule has 67 heavy (non-hydrogen) atoms. The number of hydrogen-bond acceptors (Lipinski definition) is 10. The molecule has 4 aromatic carbocycles. The smallest absolute Gasteiger partial charge is 0.242 e. The first-order valence-electron chi connectivity index (χ1n) is 22.2. The summed E-state index contributed by atoms with van der Waals surface area (Å²) in [6.45, 7) is 3.87. The van der Waals surface area contributed by atoms with Crippen LogP contribution in [0.3, 0.4) is 0 Å². The zero-order chi connectivity index (χ0) is 46.6. The van der Waals surface area contributed by atoms with E-state index in [-0.39, 0.29) is 35.8 Å². The van der Waals surface area contributed by atoms with Gasteiger partial charge < -0.3 is 19.3 Å². The molecule has 0 unspecified atom stereocenters. The normalized spacial score (nSPS) is 24.4. The maximum atomic E-state index is 15.4. The van der Waals surface area contributed by atoms with Gasteiger partial charge in [-0.05, 0) is 121 Å². The number of aromatic hydroxyl groups is 1. The number of aromatic nitrogens is 2. The Morgan fingerprint density at radius 3 is 2.48 bits per heavy atom. The van der Waals surface area contributed by atoms with Crippen LogP contribution in [-0.4, -0.2) is 52.7 Å². The van der Waals surface area contributed by atoms with Crippen LogP contribution >= 0.6 is 22.9 Å². The molecule has 0 radical (unpaired) electrons. The van der Waals surface area contributed by atoms with E-state index in [1.54, 1.807) is 79.9 Å². The highest BCUT2D eigenvalue weighted by atomic mass is 35.5. The number of benzene rings is 4.